The van der Waals surface area contributed by atoms with Gasteiger partial charge >= 0.3 is 12.0 Å². The van der Waals surface area contributed by atoms with E-state index >= 15 is 0 Å². The van der Waals surface area contributed by atoms with E-state index in [1.165, 1.54) is 18.2 Å². The van der Waals surface area contributed by atoms with Crippen molar-refractivity contribution in [3.8, 4) is 0 Å². The Morgan fingerprint density at radius 2 is 1.71 bits per heavy atom. The molecule has 0 aliphatic carbocycles. The van der Waals surface area contributed by atoms with Crippen LogP contribution in [0.1, 0.15) is 15.9 Å². The molecular weight excluding hydrogens is 292 g/mol. The standard InChI is InChI=1S/C15H13ClN2O3/c1-9-3-2-4-10(7-9)17-15(21)18-11-5-6-12(14(19)20)13(16)8-11/h2-8H,1H3,(H,19,20)(H2,17,18,21). The number of carboxylic acids is 1. The third-order valence-electron chi connectivity index (χ3n) is 2.73. The van der Waals surface area contributed by atoms with Gasteiger partial charge in [-0.1, -0.05) is 23.7 Å². The van der Waals surface area contributed by atoms with E-state index < -0.39 is 12.0 Å². The van der Waals surface area contributed by atoms with E-state index in [9.17, 15) is 9.59 Å². The second kappa shape index (κ2) is 6.28. The molecule has 0 aliphatic rings. The number of nitrogens with one attached hydrogen (secondary N) is 2. The molecule has 2 aromatic rings. The van der Waals surface area contributed by atoms with Crippen molar-refractivity contribution in [1.82, 2.24) is 0 Å². The lowest BCUT2D eigenvalue weighted by Gasteiger charge is -2.09. The number of hydrogen-bond donors (Lipinski definition) is 3. The van der Waals surface area contributed by atoms with Crippen molar-refractivity contribution >= 4 is 35.0 Å². The third kappa shape index (κ3) is 3.97. The van der Waals surface area contributed by atoms with Gasteiger partial charge in [-0.05, 0) is 42.8 Å². The predicted octanol–water partition coefficient (Wildman–Crippen LogP) is 3.99. The van der Waals surface area contributed by atoms with E-state index in [-0.39, 0.29) is 10.6 Å². The van der Waals surface area contributed by atoms with Crippen LogP contribution in [0.5, 0.6) is 0 Å². The maximum atomic E-state index is 11.8. The second-order valence-corrected chi connectivity index (χ2v) is 4.86. The molecule has 3 N–H and O–H groups in total. The van der Waals surface area contributed by atoms with Crippen LogP contribution in [-0.2, 0) is 0 Å². The van der Waals surface area contributed by atoms with Crippen LogP contribution in [0, 0.1) is 6.92 Å². The minimum atomic E-state index is -1.12. The Bertz CT molecular complexity index is 701. The van der Waals surface area contributed by atoms with Crippen LogP contribution in [0.25, 0.3) is 0 Å². The molecule has 0 bridgehead atoms. The Morgan fingerprint density at radius 1 is 1.05 bits per heavy atom. The topological polar surface area (TPSA) is 78.4 Å². The van der Waals surface area contributed by atoms with Crippen molar-refractivity contribution in [3.63, 3.8) is 0 Å². The lowest BCUT2D eigenvalue weighted by atomic mass is 10.2. The fraction of sp³-hybridized carbons (Fsp3) is 0.0667. The van der Waals surface area contributed by atoms with E-state index in [1.54, 1.807) is 6.07 Å². The number of anilines is 2. The maximum absolute atomic E-state index is 11.8. The van der Waals surface area contributed by atoms with Gasteiger partial charge in [-0.15, -0.1) is 0 Å². The van der Waals surface area contributed by atoms with Gasteiger partial charge in [0.1, 0.15) is 0 Å². The van der Waals surface area contributed by atoms with Crippen molar-refractivity contribution in [1.29, 1.82) is 0 Å². The minimum Gasteiger partial charge on any atom is -0.478 e. The number of hydrogen-bond acceptors (Lipinski definition) is 2. The predicted molar refractivity (Wildman–Crippen MR) is 82.2 cm³/mol. The minimum absolute atomic E-state index is 0.0127. The highest BCUT2D eigenvalue weighted by Gasteiger charge is 2.10. The summed E-state index contributed by atoms with van der Waals surface area (Å²) in [7, 11) is 0. The van der Waals surface area contributed by atoms with Crippen molar-refractivity contribution in [2.24, 2.45) is 0 Å². The first-order valence-corrected chi connectivity index (χ1v) is 6.51. The number of rotatable bonds is 3. The quantitative estimate of drug-likeness (QED) is 0.802. The average molecular weight is 305 g/mol. The Morgan fingerprint density at radius 3 is 2.29 bits per heavy atom. The zero-order valence-corrected chi connectivity index (χ0v) is 11.9. The summed E-state index contributed by atoms with van der Waals surface area (Å²) in [6, 6.07) is 11.1. The maximum Gasteiger partial charge on any atom is 0.337 e. The van der Waals surface area contributed by atoms with E-state index in [1.807, 2.05) is 25.1 Å². The fourth-order valence-corrected chi connectivity index (χ4v) is 2.04. The molecule has 0 unspecified atom stereocenters. The number of aromatic carboxylic acids is 1. The van der Waals surface area contributed by atoms with E-state index in [4.69, 9.17) is 16.7 Å². The van der Waals surface area contributed by atoms with Crippen LogP contribution < -0.4 is 10.6 Å². The van der Waals surface area contributed by atoms with Crippen LogP contribution in [0.15, 0.2) is 42.5 Å². The number of urea groups is 1. The summed E-state index contributed by atoms with van der Waals surface area (Å²) in [5.41, 5.74) is 2.10. The van der Waals surface area contributed by atoms with Crippen LogP contribution in [0.4, 0.5) is 16.2 Å². The molecule has 2 aromatic carbocycles. The monoisotopic (exact) mass is 304 g/mol. The molecule has 6 heteroatoms. The Hall–Kier alpha value is -2.53. The fourth-order valence-electron chi connectivity index (χ4n) is 1.78. The Kier molecular flexibility index (Phi) is 4.45. The zero-order chi connectivity index (χ0) is 15.4. The summed E-state index contributed by atoms with van der Waals surface area (Å²) in [4.78, 5) is 22.7. The second-order valence-electron chi connectivity index (χ2n) is 4.45. The summed E-state index contributed by atoms with van der Waals surface area (Å²) >= 11 is 5.84. The molecule has 108 valence electrons. The van der Waals surface area contributed by atoms with E-state index in [0.29, 0.717) is 11.4 Å². The number of benzene rings is 2. The molecular formula is C15H13ClN2O3. The summed E-state index contributed by atoms with van der Waals surface area (Å²) in [6.07, 6.45) is 0. The number of carboxylic acid groups (broad SMARTS) is 1. The molecule has 0 atom stereocenters. The normalized spacial score (nSPS) is 10.0. The lowest BCUT2D eigenvalue weighted by Crippen LogP contribution is -2.19. The summed E-state index contributed by atoms with van der Waals surface area (Å²) in [5, 5.41) is 14.2. The molecule has 0 fully saturated rings. The molecule has 21 heavy (non-hydrogen) atoms. The highest BCUT2D eigenvalue weighted by Crippen LogP contribution is 2.21. The van der Waals surface area contributed by atoms with Gasteiger partial charge in [0.25, 0.3) is 0 Å². The molecule has 5 nitrogen and oxygen atoms in total. The highest BCUT2D eigenvalue weighted by atomic mass is 35.5. The first-order valence-electron chi connectivity index (χ1n) is 6.13. The van der Waals surface area contributed by atoms with Gasteiger partial charge in [-0.3, -0.25) is 0 Å². The van der Waals surface area contributed by atoms with Gasteiger partial charge in [0, 0.05) is 11.4 Å². The summed E-state index contributed by atoms with van der Waals surface area (Å²) < 4.78 is 0. The zero-order valence-electron chi connectivity index (χ0n) is 11.2. The van der Waals surface area contributed by atoms with Crippen molar-refractivity contribution in [3.05, 3.63) is 58.6 Å². The van der Waals surface area contributed by atoms with Crippen LogP contribution in [0.3, 0.4) is 0 Å². The molecule has 0 spiro atoms. The van der Waals surface area contributed by atoms with Gasteiger partial charge in [0.15, 0.2) is 0 Å². The molecule has 0 saturated carbocycles. The molecule has 2 amide bonds. The molecule has 0 aromatic heterocycles. The van der Waals surface area contributed by atoms with Gasteiger partial charge in [0.2, 0.25) is 0 Å². The van der Waals surface area contributed by atoms with E-state index in [0.717, 1.165) is 5.56 Å². The van der Waals surface area contributed by atoms with Crippen molar-refractivity contribution < 1.29 is 14.7 Å². The van der Waals surface area contributed by atoms with Gasteiger partial charge < -0.3 is 15.7 Å². The SMILES string of the molecule is Cc1cccc(NC(=O)Nc2ccc(C(=O)O)c(Cl)c2)c1. The smallest absolute Gasteiger partial charge is 0.337 e. The number of carbonyl (C=O) groups excluding carboxylic acids is 1. The van der Waals surface area contributed by atoms with Crippen molar-refractivity contribution in [2.75, 3.05) is 10.6 Å². The first kappa shape index (κ1) is 14.9. The van der Waals surface area contributed by atoms with Gasteiger partial charge in [-0.25, -0.2) is 9.59 Å². The molecule has 2 rings (SSSR count). The Balaban J connectivity index is 2.06. The van der Waals surface area contributed by atoms with Gasteiger partial charge in [0.05, 0.1) is 10.6 Å². The molecule has 0 radical (unpaired) electrons. The lowest BCUT2D eigenvalue weighted by molar-refractivity contribution is 0.0697. The summed E-state index contributed by atoms with van der Waals surface area (Å²) in [6.45, 7) is 1.92. The average Bonchev–Trinajstić information content (AvgIpc) is 2.38. The molecule has 0 heterocycles. The first-order chi connectivity index (χ1) is 9.95. The highest BCUT2D eigenvalue weighted by molar-refractivity contribution is 6.33. The molecule has 0 aliphatic heterocycles. The van der Waals surface area contributed by atoms with Crippen LogP contribution >= 0.6 is 11.6 Å². The Labute approximate surface area is 126 Å². The largest absolute Gasteiger partial charge is 0.478 e. The van der Waals surface area contributed by atoms with Crippen molar-refractivity contribution in [2.45, 2.75) is 6.92 Å². The van der Waals surface area contributed by atoms with Crippen LogP contribution in [-0.4, -0.2) is 17.1 Å². The number of amides is 2. The van der Waals surface area contributed by atoms with E-state index in [2.05, 4.69) is 10.6 Å². The number of aryl methyl sites for hydroxylation is 1. The van der Waals surface area contributed by atoms with Crippen LogP contribution in [0.2, 0.25) is 5.02 Å². The molecule has 0 saturated heterocycles. The number of halogens is 1. The number of carbonyl (C=O) groups is 2. The third-order valence-corrected chi connectivity index (χ3v) is 3.05. The summed E-state index contributed by atoms with van der Waals surface area (Å²) in [5.74, 6) is -1.12. The van der Waals surface area contributed by atoms with Gasteiger partial charge in [-0.2, -0.15) is 0 Å².